The van der Waals surface area contributed by atoms with Crippen LogP contribution in [0.1, 0.15) is 24.3 Å². The van der Waals surface area contributed by atoms with Gasteiger partial charge in [-0.3, -0.25) is 0 Å². The molecule has 0 fully saturated rings. The van der Waals surface area contributed by atoms with E-state index >= 15 is 0 Å². The first-order valence-corrected chi connectivity index (χ1v) is 4.97. The number of hydrogen-bond donors (Lipinski definition) is 2. The summed E-state index contributed by atoms with van der Waals surface area (Å²) in [6.07, 6.45) is -0.467. The third-order valence-corrected chi connectivity index (χ3v) is 2.66. The molecule has 1 atom stereocenters. The molecule has 0 saturated heterocycles. The zero-order chi connectivity index (χ0) is 11.0. The van der Waals surface area contributed by atoms with Crippen LogP contribution in [0.3, 0.4) is 0 Å². The van der Waals surface area contributed by atoms with Gasteiger partial charge in [-0.15, -0.1) is 0 Å². The quantitative estimate of drug-likeness (QED) is 0.791. The summed E-state index contributed by atoms with van der Waals surface area (Å²) in [5.74, 6) is 0.809. The number of fused-ring (bicyclic) bond motifs is 1. The van der Waals surface area contributed by atoms with Gasteiger partial charge in [0.2, 0.25) is 0 Å². The Morgan fingerprint density at radius 1 is 1.40 bits per heavy atom. The van der Waals surface area contributed by atoms with Crippen LogP contribution in [0.5, 0.6) is 5.75 Å². The minimum atomic E-state index is -0.467. The highest BCUT2D eigenvalue weighted by Crippen LogP contribution is 2.30. The van der Waals surface area contributed by atoms with Crippen molar-refractivity contribution in [2.24, 2.45) is 0 Å². The van der Waals surface area contributed by atoms with Gasteiger partial charge >= 0.3 is 0 Å². The van der Waals surface area contributed by atoms with Crippen LogP contribution in [0.25, 0.3) is 10.9 Å². The molecule has 0 saturated carbocycles. The second-order valence-corrected chi connectivity index (χ2v) is 3.75. The van der Waals surface area contributed by atoms with Crippen LogP contribution >= 0.6 is 0 Å². The molecule has 2 aromatic rings. The molecule has 3 heteroatoms. The molecule has 1 aromatic carbocycles. The SMILES string of the molecule is COc1ccc2[nH]c(C)c(C(C)O)c2c1. The fraction of sp³-hybridized carbons (Fsp3) is 0.333. The maximum Gasteiger partial charge on any atom is 0.119 e. The van der Waals surface area contributed by atoms with Crippen molar-refractivity contribution in [2.75, 3.05) is 7.11 Å². The highest BCUT2D eigenvalue weighted by atomic mass is 16.5. The van der Waals surface area contributed by atoms with Crippen molar-refractivity contribution in [3.63, 3.8) is 0 Å². The van der Waals surface area contributed by atoms with Gasteiger partial charge in [-0.1, -0.05) is 0 Å². The molecule has 0 aliphatic carbocycles. The normalized spacial score (nSPS) is 13.1. The van der Waals surface area contributed by atoms with Crippen molar-refractivity contribution >= 4 is 10.9 Å². The number of ether oxygens (including phenoxy) is 1. The van der Waals surface area contributed by atoms with Gasteiger partial charge in [-0.2, -0.15) is 0 Å². The topological polar surface area (TPSA) is 45.2 Å². The molecular weight excluding hydrogens is 190 g/mol. The average Bonchev–Trinajstić information content (AvgIpc) is 2.52. The number of aromatic nitrogens is 1. The molecule has 0 amide bonds. The smallest absolute Gasteiger partial charge is 0.119 e. The molecule has 3 nitrogen and oxygen atoms in total. The molecule has 1 heterocycles. The summed E-state index contributed by atoms with van der Waals surface area (Å²) in [6, 6.07) is 5.82. The Morgan fingerprint density at radius 3 is 2.73 bits per heavy atom. The first-order chi connectivity index (χ1) is 7.13. The second-order valence-electron chi connectivity index (χ2n) is 3.75. The summed E-state index contributed by atoms with van der Waals surface area (Å²) < 4.78 is 5.17. The second kappa shape index (κ2) is 3.59. The van der Waals surface area contributed by atoms with Crippen molar-refractivity contribution in [3.05, 3.63) is 29.5 Å². The van der Waals surface area contributed by atoms with E-state index in [2.05, 4.69) is 4.98 Å². The summed E-state index contributed by atoms with van der Waals surface area (Å²) in [6.45, 7) is 3.74. The highest BCUT2D eigenvalue weighted by molar-refractivity contribution is 5.86. The summed E-state index contributed by atoms with van der Waals surface area (Å²) in [5.41, 5.74) is 2.99. The van der Waals surface area contributed by atoms with Crippen LogP contribution < -0.4 is 4.74 Å². The largest absolute Gasteiger partial charge is 0.497 e. The van der Waals surface area contributed by atoms with E-state index in [9.17, 15) is 5.11 Å². The molecule has 2 rings (SSSR count). The molecule has 2 N–H and O–H groups in total. The van der Waals surface area contributed by atoms with Crippen LogP contribution in [0.2, 0.25) is 0 Å². The Hall–Kier alpha value is -1.48. The minimum absolute atomic E-state index is 0.467. The molecule has 0 aliphatic rings. The van der Waals surface area contributed by atoms with E-state index < -0.39 is 6.10 Å². The maximum absolute atomic E-state index is 9.69. The Morgan fingerprint density at radius 2 is 2.13 bits per heavy atom. The number of methoxy groups -OCH3 is 1. The minimum Gasteiger partial charge on any atom is -0.497 e. The lowest BCUT2D eigenvalue weighted by Gasteiger charge is -2.05. The van der Waals surface area contributed by atoms with Crippen molar-refractivity contribution < 1.29 is 9.84 Å². The van der Waals surface area contributed by atoms with E-state index in [1.165, 1.54) is 0 Å². The number of aliphatic hydroxyl groups is 1. The number of H-pyrrole nitrogens is 1. The third kappa shape index (κ3) is 1.59. The Labute approximate surface area is 88.7 Å². The molecule has 1 unspecified atom stereocenters. The van der Waals surface area contributed by atoms with E-state index in [1.54, 1.807) is 14.0 Å². The number of hydrogen-bond acceptors (Lipinski definition) is 2. The standard InChI is InChI=1S/C12H15NO2/c1-7-12(8(2)14)10-6-9(15-3)4-5-11(10)13-7/h4-6,8,13-14H,1-3H3. The third-order valence-electron chi connectivity index (χ3n) is 2.66. The number of aryl methyl sites for hydroxylation is 1. The molecule has 0 radical (unpaired) electrons. The van der Waals surface area contributed by atoms with E-state index in [0.29, 0.717) is 0 Å². The Bertz CT molecular complexity index is 486. The Balaban J connectivity index is 2.72. The lowest BCUT2D eigenvalue weighted by Crippen LogP contribution is -1.92. The number of nitrogens with one attached hydrogen (secondary N) is 1. The van der Waals surface area contributed by atoms with Gasteiger partial charge in [0.05, 0.1) is 13.2 Å². The summed E-state index contributed by atoms with van der Waals surface area (Å²) in [4.78, 5) is 3.24. The van der Waals surface area contributed by atoms with Gasteiger partial charge in [-0.25, -0.2) is 0 Å². The number of aliphatic hydroxyl groups excluding tert-OH is 1. The number of aromatic amines is 1. The maximum atomic E-state index is 9.69. The molecule has 0 bridgehead atoms. The van der Waals surface area contributed by atoms with Gasteiger partial charge in [0.1, 0.15) is 5.75 Å². The summed E-state index contributed by atoms with van der Waals surface area (Å²) in [7, 11) is 1.64. The van der Waals surface area contributed by atoms with Crippen molar-refractivity contribution in [1.82, 2.24) is 4.98 Å². The molecule has 0 aliphatic heterocycles. The van der Waals surface area contributed by atoms with Crippen LogP contribution in [0.4, 0.5) is 0 Å². The molecule has 15 heavy (non-hydrogen) atoms. The van der Waals surface area contributed by atoms with Crippen LogP contribution in [0, 0.1) is 6.92 Å². The summed E-state index contributed by atoms with van der Waals surface area (Å²) >= 11 is 0. The lowest BCUT2D eigenvalue weighted by atomic mass is 10.1. The van der Waals surface area contributed by atoms with E-state index in [1.807, 2.05) is 25.1 Å². The van der Waals surface area contributed by atoms with Gasteiger partial charge in [0.25, 0.3) is 0 Å². The average molecular weight is 205 g/mol. The molecule has 0 spiro atoms. The first-order valence-electron chi connectivity index (χ1n) is 4.97. The van der Waals surface area contributed by atoms with Gasteiger partial charge in [0, 0.05) is 22.2 Å². The van der Waals surface area contributed by atoms with Gasteiger partial charge in [0.15, 0.2) is 0 Å². The van der Waals surface area contributed by atoms with E-state index in [4.69, 9.17) is 4.74 Å². The first kappa shape index (κ1) is 10.1. The van der Waals surface area contributed by atoms with Crippen LogP contribution in [-0.4, -0.2) is 17.2 Å². The fourth-order valence-corrected chi connectivity index (χ4v) is 1.99. The highest BCUT2D eigenvalue weighted by Gasteiger charge is 2.13. The van der Waals surface area contributed by atoms with Gasteiger partial charge in [-0.05, 0) is 32.0 Å². The van der Waals surface area contributed by atoms with Crippen LogP contribution in [-0.2, 0) is 0 Å². The molecular formula is C12H15NO2. The zero-order valence-electron chi connectivity index (χ0n) is 9.16. The fourth-order valence-electron chi connectivity index (χ4n) is 1.99. The van der Waals surface area contributed by atoms with Crippen molar-refractivity contribution in [2.45, 2.75) is 20.0 Å². The lowest BCUT2D eigenvalue weighted by molar-refractivity contribution is 0.200. The van der Waals surface area contributed by atoms with Crippen molar-refractivity contribution in [1.29, 1.82) is 0 Å². The number of rotatable bonds is 2. The Kier molecular flexibility index (Phi) is 2.40. The predicted octanol–water partition coefficient (Wildman–Crippen LogP) is 2.54. The molecule has 80 valence electrons. The van der Waals surface area contributed by atoms with E-state index in [0.717, 1.165) is 27.9 Å². The van der Waals surface area contributed by atoms with E-state index in [-0.39, 0.29) is 0 Å². The predicted molar refractivity (Wildman–Crippen MR) is 60.2 cm³/mol. The monoisotopic (exact) mass is 205 g/mol. The van der Waals surface area contributed by atoms with Crippen LogP contribution in [0.15, 0.2) is 18.2 Å². The van der Waals surface area contributed by atoms with Crippen molar-refractivity contribution in [3.8, 4) is 5.75 Å². The number of benzene rings is 1. The van der Waals surface area contributed by atoms with Gasteiger partial charge < -0.3 is 14.8 Å². The summed E-state index contributed by atoms with van der Waals surface area (Å²) in [5, 5.41) is 10.7. The molecule has 1 aromatic heterocycles. The zero-order valence-corrected chi connectivity index (χ0v) is 9.16.